The molecule has 1 amide bonds. The van der Waals surface area contributed by atoms with Crippen molar-refractivity contribution in [2.75, 3.05) is 24.3 Å². The van der Waals surface area contributed by atoms with Crippen LogP contribution in [0.5, 0.6) is 0 Å². The third-order valence-electron chi connectivity index (χ3n) is 2.95. The minimum absolute atomic E-state index is 0. The van der Waals surface area contributed by atoms with Crippen LogP contribution < -0.4 is 16.0 Å². The molecule has 0 saturated carbocycles. The van der Waals surface area contributed by atoms with E-state index in [1.54, 1.807) is 12.3 Å². The zero-order chi connectivity index (χ0) is 15.4. The van der Waals surface area contributed by atoms with Crippen molar-refractivity contribution in [1.29, 1.82) is 0 Å². The van der Waals surface area contributed by atoms with Crippen LogP contribution in [0, 0.1) is 0 Å². The van der Waals surface area contributed by atoms with E-state index >= 15 is 0 Å². The minimum Gasteiger partial charge on any atom is -0.363 e. The number of carbonyl (C=O) groups is 1. The molecular weight excluding hydrogens is 357 g/mol. The first-order valence-corrected chi connectivity index (χ1v) is 7.53. The fraction of sp³-hybridized carbons (Fsp3) is 0.357. The quantitative estimate of drug-likeness (QED) is 0.836. The number of aromatic nitrogens is 2. The average molecular weight is 378 g/mol. The van der Waals surface area contributed by atoms with Gasteiger partial charge in [0.25, 0.3) is 0 Å². The molecule has 3 N–H and O–H groups in total. The first-order valence-electron chi connectivity index (χ1n) is 6.65. The molecule has 0 radical (unpaired) electrons. The van der Waals surface area contributed by atoms with E-state index in [0.29, 0.717) is 11.4 Å². The Labute approximate surface area is 152 Å². The van der Waals surface area contributed by atoms with Gasteiger partial charge in [-0.25, -0.2) is 9.97 Å². The lowest BCUT2D eigenvalue weighted by Crippen LogP contribution is -2.28. The van der Waals surface area contributed by atoms with Crippen LogP contribution in [0.15, 0.2) is 23.7 Å². The van der Waals surface area contributed by atoms with Gasteiger partial charge in [-0.05, 0) is 18.6 Å². The Bertz CT molecular complexity index is 618. The molecule has 0 saturated heterocycles. The van der Waals surface area contributed by atoms with Crippen molar-refractivity contribution >= 4 is 53.6 Å². The number of nitrogens with one attached hydrogen (secondary N) is 1. The van der Waals surface area contributed by atoms with Gasteiger partial charge in [0.1, 0.15) is 11.9 Å². The van der Waals surface area contributed by atoms with E-state index in [1.165, 1.54) is 11.3 Å². The predicted molar refractivity (Wildman–Crippen MR) is 100 cm³/mol. The monoisotopic (exact) mass is 377 g/mol. The largest absolute Gasteiger partial charge is 0.363 e. The van der Waals surface area contributed by atoms with Crippen LogP contribution in [-0.2, 0) is 11.2 Å². The summed E-state index contributed by atoms with van der Waals surface area (Å²) in [6.45, 7) is 2.02. The topological polar surface area (TPSA) is 84.1 Å². The number of halogens is 2. The number of rotatable bonds is 5. The molecule has 0 bridgehead atoms. The Morgan fingerprint density at radius 3 is 2.57 bits per heavy atom. The van der Waals surface area contributed by atoms with Crippen molar-refractivity contribution in [1.82, 2.24) is 9.97 Å². The molecule has 2 aromatic rings. The highest BCUT2D eigenvalue weighted by Crippen LogP contribution is 2.18. The lowest BCUT2D eigenvalue weighted by Gasteiger charge is -2.13. The molecule has 0 spiro atoms. The molecule has 0 aliphatic carbocycles. The van der Waals surface area contributed by atoms with Crippen molar-refractivity contribution in [2.24, 2.45) is 5.73 Å². The molecule has 9 heteroatoms. The SMILES string of the molecule is CCc1nc(C(N)C(=O)Nc2ccc(N(C)C)nc2)cs1.Cl.Cl. The van der Waals surface area contributed by atoms with Gasteiger partial charge in [0, 0.05) is 19.5 Å². The van der Waals surface area contributed by atoms with Crippen molar-refractivity contribution in [3.05, 3.63) is 34.4 Å². The van der Waals surface area contributed by atoms with Crippen LogP contribution in [-0.4, -0.2) is 30.0 Å². The van der Waals surface area contributed by atoms with E-state index in [-0.39, 0.29) is 30.7 Å². The van der Waals surface area contributed by atoms with E-state index in [0.717, 1.165) is 17.2 Å². The number of aryl methyl sites for hydroxylation is 1. The first kappa shape index (κ1) is 21.6. The summed E-state index contributed by atoms with van der Waals surface area (Å²) in [7, 11) is 3.81. The van der Waals surface area contributed by atoms with Crippen LogP contribution >= 0.6 is 36.2 Å². The van der Waals surface area contributed by atoms with Crippen molar-refractivity contribution in [2.45, 2.75) is 19.4 Å². The molecule has 1 atom stereocenters. The van der Waals surface area contributed by atoms with Crippen LogP contribution in [0.3, 0.4) is 0 Å². The van der Waals surface area contributed by atoms with Gasteiger partial charge in [0.2, 0.25) is 5.91 Å². The highest BCUT2D eigenvalue weighted by atomic mass is 35.5. The van der Waals surface area contributed by atoms with Crippen LogP contribution in [0.4, 0.5) is 11.5 Å². The second kappa shape index (κ2) is 9.67. The molecule has 0 aliphatic heterocycles. The summed E-state index contributed by atoms with van der Waals surface area (Å²) in [5.74, 6) is 0.534. The smallest absolute Gasteiger partial charge is 0.247 e. The summed E-state index contributed by atoms with van der Waals surface area (Å²) in [6.07, 6.45) is 2.45. The average Bonchev–Trinajstić information content (AvgIpc) is 2.95. The molecule has 128 valence electrons. The summed E-state index contributed by atoms with van der Waals surface area (Å²) in [6, 6.07) is 2.86. The van der Waals surface area contributed by atoms with E-state index in [2.05, 4.69) is 15.3 Å². The summed E-state index contributed by atoms with van der Waals surface area (Å²) >= 11 is 1.52. The molecule has 1 unspecified atom stereocenters. The number of amides is 1. The van der Waals surface area contributed by atoms with Gasteiger partial charge in [0.15, 0.2) is 0 Å². The maximum atomic E-state index is 12.1. The summed E-state index contributed by atoms with van der Waals surface area (Å²) < 4.78 is 0. The zero-order valence-electron chi connectivity index (χ0n) is 13.1. The van der Waals surface area contributed by atoms with E-state index in [4.69, 9.17) is 5.73 Å². The van der Waals surface area contributed by atoms with Crippen molar-refractivity contribution in [3.63, 3.8) is 0 Å². The maximum Gasteiger partial charge on any atom is 0.247 e. The number of hydrogen-bond acceptors (Lipinski definition) is 6. The number of anilines is 2. The lowest BCUT2D eigenvalue weighted by atomic mass is 10.2. The Morgan fingerprint density at radius 2 is 2.09 bits per heavy atom. The van der Waals surface area contributed by atoms with Gasteiger partial charge in [-0.3, -0.25) is 4.79 Å². The molecule has 2 aromatic heterocycles. The van der Waals surface area contributed by atoms with E-state index < -0.39 is 6.04 Å². The second-order valence-electron chi connectivity index (χ2n) is 4.79. The maximum absolute atomic E-state index is 12.1. The molecule has 6 nitrogen and oxygen atoms in total. The van der Waals surface area contributed by atoms with Gasteiger partial charge in [-0.15, -0.1) is 36.2 Å². The third kappa shape index (κ3) is 5.62. The number of thiazole rings is 1. The van der Waals surface area contributed by atoms with Gasteiger partial charge in [-0.1, -0.05) is 6.92 Å². The minimum atomic E-state index is -0.768. The highest BCUT2D eigenvalue weighted by Gasteiger charge is 2.19. The number of carbonyl (C=O) groups excluding carboxylic acids is 1. The molecule has 2 heterocycles. The number of hydrogen-bond donors (Lipinski definition) is 2. The molecule has 0 fully saturated rings. The summed E-state index contributed by atoms with van der Waals surface area (Å²) in [5.41, 5.74) is 7.16. The van der Waals surface area contributed by atoms with Crippen LogP contribution in [0.2, 0.25) is 0 Å². The first-order chi connectivity index (χ1) is 10.0. The van der Waals surface area contributed by atoms with Crippen LogP contribution in [0.25, 0.3) is 0 Å². The van der Waals surface area contributed by atoms with Crippen LogP contribution in [0.1, 0.15) is 23.7 Å². The second-order valence-corrected chi connectivity index (χ2v) is 5.73. The normalized spacial score (nSPS) is 11.0. The fourth-order valence-corrected chi connectivity index (χ4v) is 2.49. The Morgan fingerprint density at radius 1 is 1.39 bits per heavy atom. The van der Waals surface area contributed by atoms with Gasteiger partial charge < -0.3 is 16.0 Å². The van der Waals surface area contributed by atoms with Gasteiger partial charge in [-0.2, -0.15) is 0 Å². The fourth-order valence-electron chi connectivity index (χ4n) is 1.71. The van der Waals surface area contributed by atoms with E-state index in [1.807, 2.05) is 37.4 Å². The third-order valence-corrected chi connectivity index (χ3v) is 3.96. The summed E-state index contributed by atoms with van der Waals surface area (Å²) in [4.78, 5) is 22.6. The van der Waals surface area contributed by atoms with Gasteiger partial charge in [0.05, 0.1) is 22.6 Å². The number of pyridine rings is 1. The van der Waals surface area contributed by atoms with Gasteiger partial charge >= 0.3 is 0 Å². The molecule has 0 aliphatic rings. The standard InChI is InChI=1S/C14H19N5OS.2ClH/c1-4-12-18-10(8-21-12)13(15)14(20)17-9-5-6-11(16-7-9)19(2)3;;/h5-8,13H,4,15H2,1-3H3,(H,17,20);2*1H. The molecule has 2 rings (SSSR count). The summed E-state index contributed by atoms with van der Waals surface area (Å²) in [5, 5.41) is 5.56. The van der Waals surface area contributed by atoms with E-state index in [9.17, 15) is 4.79 Å². The van der Waals surface area contributed by atoms with Crippen molar-refractivity contribution < 1.29 is 4.79 Å². The predicted octanol–water partition coefficient (Wildman–Crippen LogP) is 2.65. The zero-order valence-corrected chi connectivity index (χ0v) is 15.6. The Kier molecular flexibility index (Phi) is 9.07. The molecule has 0 aromatic carbocycles. The Balaban J connectivity index is 0.00000242. The van der Waals surface area contributed by atoms with Crippen molar-refractivity contribution in [3.8, 4) is 0 Å². The Hall–Kier alpha value is -1.41. The molecular formula is C14H21Cl2N5OS. The highest BCUT2D eigenvalue weighted by molar-refractivity contribution is 7.09. The lowest BCUT2D eigenvalue weighted by molar-refractivity contribution is -0.117. The number of nitrogens with zero attached hydrogens (tertiary/aromatic N) is 3. The molecule has 23 heavy (non-hydrogen) atoms. The number of nitrogens with two attached hydrogens (primary N) is 1.